The minimum absolute atomic E-state index is 0. The molecule has 0 amide bonds. The molecule has 0 rings (SSSR count). The summed E-state index contributed by atoms with van der Waals surface area (Å²) in [6.07, 6.45) is 1.47. The molecule has 0 fully saturated rings. The van der Waals surface area contributed by atoms with Gasteiger partial charge < -0.3 is 0 Å². The summed E-state index contributed by atoms with van der Waals surface area (Å²) < 4.78 is 0. The van der Waals surface area contributed by atoms with Crippen LogP contribution in [0.3, 0.4) is 0 Å². The van der Waals surface area contributed by atoms with Crippen molar-refractivity contribution in [2.24, 2.45) is 0 Å². The van der Waals surface area contributed by atoms with Crippen LogP contribution in [0.2, 0.25) is 0 Å². The smallest absolute Gasteiger partial charge is 0.0108 e. The summed E-state index contributed by atoms with van der Waals surface area (Å²) >= 11 is 4.64. The average Bonchev–Trinajstić information content (AvgIpc) is 2.03. The van der Waals surface area contributed by atoms with E-state index in [1.165, 1.54) is 6.38 Å². The van der Waals surface area contributed by atoms with E-state index in [1.807, 2.05) is 41.5 Å². The van der Waals surface area contributed by atoms with Gasteiger partial charge in [0.1, 0.15) is 0 Å². The second-order valence-electron chi connectivity index (χ2n) is 0. The molecule has 80 valence electrons. The minimum Gasteiger partial charge on any atom is -0.130 e. The van der Waals surface area contributed by atoms with Gasteiger partial charge in [-0.2, -0.15) is 0 Å². The van der Waals surface area contributed by atoms with Crippen molar-refractivity contribution < 1.29 is 75.5 Å². The van der Waals surface area contributed by atoms with Crippen molar-refractivity contribution in [3.8, 4) is 0 Å². The molecule has 0 spiro atoms. The van der Waals surface area contributed by atoms with Crippen molar-refractivity contribution in [3.63, 3.8) is 0 Å². The number of hydrogen-bond acceptors (Lipinski definition) is 0. The number of rotatable bonds is 0. The Kier molecular flexibility index (Phi) is 1010. The fraction of sp³-hybridized carbons (Fsp3) is 1.00. The third-order valence-electron chi connectivity index (χ3n) is 0. The Morgan fingerprint density at radius 1 is 0.545 bits per heavy atom. The van der Waals surface area contributed by atoms with Gasteiger partial charge in [0, 0.05) is 81.9 Å². The molecule has 0 aliphatic heterocycles. The van der Waals surface area contributed by atoms with E-state index in [1.54, 1.807) is 0 Å². The quantitative estimate of drug-likeness (QED) is 0.541. The van der Waals surface area contributed by atoms with Gasteiger partial charge in [-0.05, 0) is 0 Å². The molecule has 0 aromatic heterocycles. The summed E-state index contributed by atoms with van der Waals surface area (Å²) in [6.45, 7) is 12.0. The van der Waals surface area contributed by atoms with E-state index in [4.69, 9.17) is 0 Å². The van der Waals surface area contributed by atoms with Crippen molar-refractivity contribution >= 4 is 11.6 Å². The Morgan fingerprint density at radius 3 is 0.545 bits per heavy atom. The van der Waals surface area contributed by atoms with Crippen molar-refractivity contribution in [2.75, 3.05) is 6.38 Å². The summed E-state index contributed by atoms with van der Waals surface area (Å²) in [4.78, 5) is 0. The monoisotopic (exact) mass is 236 g/mol. The Balaban J connectivity index is -0.00000000356. The van der Waals surface area contributed by atoms with Crippen molar-refractivity contribution in [1.82, 2.24) is 0 Å². The molecular weight excluding hydrogens is 211 g/mol. The molecule has 0 saturated carbocycles. The summed E-state index contributed by atoms with van der Waals surface area (Å²) in [5.41, 5.74) is 0. The second kappa shape index (κ2) is 226. The zero-order chi connectivity index (χ0) is 8.00. The van der Waals surface area contributed by atoms with Crippen LogP contribution in [0.4, 0.5) is 0 Å². The molecule has 0 saturated heterocycles. The van der Waals surface area contributed by atoms with Gasteiger partial charge in [-0.3, -0.25) is 0 Å². The SMILES string of the molecule is C.CC.CC.CC.CCl.[Ar].[Ar]. The molecule has 0 heterocycles. The first kappa shape index (κ1) is 48.9. The maximum absolute atomic E-state index is 4.64. The molecule has 0 N–H and O–H groups in total. The fourth-order valence-electron chi connectivity index (χ4n) is 0. The zero-order valence-electron chi connectivity index (χ0n) is 8.09. The molecule has 0 aromatic carbocycles. The summed E-state index contributed by atoms with van der Waals surface area (Å²) in [7, 11) is 0. The standard InChI is InChI=1S/3C2H6.CH3Cl.CH4.2Ar/c4*1-2;;;/h3*1-2H3;1H3;1H4;;. The topological polar surface area (TPSA) is 0 Å². The molecule has 0 bridgehead atoms. The van der Waals surface area contributed by atoms with E-state index in [9.17, 15) is 0 Å². The van der Waals surface area contributed by atoms with Crippen LogP contribution >= 0.6 is 11.6 Å². The van der Waals surface area contributed by atoms with Gasteiger partial charge in [0.15, 0.2) is 0 Å². The largest absolute Gasteiger partial charge is 0.130 e. The zero-order valence-corrected chi connectivity index (χ0v) is 10.3. The van der Waals surface area contributed by atoms with Crippen molar-refractivity contribution in [2.45, 2.75) is 49.0 Å². The van der Waals surface area contributed by atoms with E-state index in [0.29, 0.717) is 0 Å². The van der Waals surface area contributed by atoms with Gasteiger partial charge in [0.05, 0.1) is 0 Å². The Labute approximate surface area is 140 Å². The Morgan fingerprint density at radius 2 is 0.545 bits per heavy atom. The second-order valence-corrected chi connectivity index (χ2v) is 0. The number of halogens is 1. The molecule has 11 heavy (non-hydrogen) atoms. The van der Waals surface area contributed by atoms with E-state index in [0.717, 1.165) is 0 Å². The van der Waals surface area contributed by atoms with Crippen LogP contribution < -0.4 is 0 Å². The fourth-order valence-corrected chi connectivity index (χ4v) is 0. The first-order valence-corrected chi connectivity index (χ1v) is 4.13. The molecule has 3 heteroatoms. The van der Waals surface area contributed by atoms with E-state index in [-0.39, 0.29) is 82.9 Å². The third-order valence-corrected chi connectivity index (χ3v) is 0. The Hall–Kier alpha value is 2.81. The van der Waals surface area contributed by atoms with Crippen molar-refractivity contribution in [1.29, 1.82) is 0 Å². The number of hydrogen-bond donors (Lipinski definition) is 0. The molecule has 0 aliphatic carbocycles. The predicted molar refractivity (Wildman–Crippen MR) is 52.6 cm³/mol. The predicted octanol–water partition coefficient (Wildman–Crippen LogP) is 4.57. The third kappa shape index (κ3) is 190. The maximum Gasteiger partial charge on any atom is 0.0108 e. The van der Waals surface area contributed by atoms with Gasteiger partial charge in [-0.15, -0.1) is 11.6 Å². The Bertz CT molecular complexity index is 12.1. The molecule has 0 atom stereocenters. The van der Waals surface area contributed by atoms with Gasteiger partial charge >= 0.3 is 0 Å². The van der Waals surface area contributed by atoms with Crippen molar-refractivity contribution in [3.05, 3.63) is 0 Å². The molecule has 0 unspecified atom stereocenters. The van der Waals surface area contributed by atoms with Crippen LogP contribution in [0.15, 0.2) is 0 Å². The minimum atomic E-state index is 0. The van der Waals surface area contributed by atoms with E-state index < -0.39 is 0 Å². The number of alkyl halides is 1. The van der Waals surface area contributed by atoms with E-state index in [2.05, 4.69) is 11.6 Å². The molecule has 0 aliphatic rings. The van der Waals surface area contributed by atoms with Crippen LogP contribution in [-0.4, -0.2) is 6.38 Å². The molecule has 0 aromatic rings. The van der Waals surface area contributed by atoms with Gasteiger partial charge in [-0.25, -0.2) is 0 Å². The van der Waals surface area contributed by atoms with Gasteiger partial charge in [-0.1, -0.05) is 49.0 Å². The maximum atomic E-state index is 4.64. The van der Waals surface area contributed by atoms with Crippen LogP contribution in [0, 0.1) is 75.5 Å². The van der Waals surface area contributed by atoms with Crippen LogP contribution in [0.25, 0.3) is 0 Å². The van der Waals surface area contributed by atoms with E-state index >= 15 is 0 Å². The van der Waals surface area contributed by atoms with Crippen LogP contribution in [-0.2, 0) is 0 Å². The summed E-state index contributed by atoms with van der Waals surface area (Å²) in [5.74, 6) is 0. The first-order valence-electron chi connectivity index (χ1n) is 3.38. The van der Waals surface area contributed by atoms with Gasteiger partial charge in [0.2, 0.25) is 0 Å². The first-order chi connectivity index (χ1) is 4.00. The molecular formula is C8H25Ar2Cl. The molecule has 0 radical (unpaired) electrons. The van der Waals surface area contributed by atoms with Crippen LogP contribution in [0.5, 0.6) is 0 Å². The van der Waals surface area contributed by atoms with Gasteiger partial charge in [0.25, 0.3) is 0 Å². The van der Waals surface area contributed by atoms with Crippen LogP contribution in [0.1, 0.15) is 49.0 Å². The summed E-state index contributed by atoms with van der Waals surface area (Å²) in [6, 6.07) is 0. The average molecular weight is 237 g/mol. The normalized spacial score (nSPS) is 2.18. The summed E-state index contributed by atoms with van der Waals surface area (Å²) in [5, 5.41) is 0. The molecule has 0 nitrogen and oxygen atoms in total.